The summed E-state index contributed by atoms with van der Waals surface area (Å²) in [4.78, 5) is 12.3. The smallest absolute Gasteiger partial charge is 0.250 e. The summed E-state index contributed by atoms with van der Waals surface area (Å²) in [6.07, 6.45) is 4.21. The van der Waals surface area contributed by atoms with E-state index in [4.69, 9.17) is 12.2 Å². The van der Waals surface area contributed by atoms with Crippen molar-refractivity contribution in [1.82, 2.24) is 5.32 Å². The maximum Gasteiger partial charge on any atom is 0.250 e. The highest BCUT2D eigenvalue weighted by Crippen LogP contribution is 2.21. The van der Waals surface area contributed by atoms with Gasteiger partial charge in [0.05, 0.1) is 0 Å². The number of anilines is 1. The molecule has 0 atom stereocenters. The molecule has 0 radical (unpaired) electrons. The summed E-state index contributed by atoms with van der Waals surface area (Å²) in [6.45, 7) is 4.11. The number of amides is 1. The Morgan fingerprint density at radius 1 is 1.04 bits per heavy atom. The van der Waals surface area contributed by atoms with Crippen LogP contribution in [0, 0.1) is 6.92 Å². The molecule has 4 heteroatoms. The third-order valence-corrected chi connectivity index (χ3v) is 4.66. The van der Waals surface area contributed by atoms with Gasteiger partial charge in [0.1, 0.15) is 0 Å². The third kappa shape index (κ3) is 4.60. The summed E-state index contributed by atoms with van der Waals surface area (Å²) in [6, 6.07) is 20.2. The lowest BCUT2D eigenvalue weighted by molar-refractivity contribution is -0.115. The van der Waals surface area contributed by atoms with Crippen LogP contribution in [-0.4, -0.2) is 11.0 Å². The quantitative estimate of drug-likeness (QED) is 0.485. The molecule has 0 aliphatic carbocycles. The van der Waals surface area contributed by atoms with Crippen molar-refractivity contribution < 1.29 is 4.79 Å². The SMILES string of the molecule is CCc1cccc(C)c1NC(=S)NC(=O)/C=C/c1cccc2ccccc12. The van der Waals surface area contributed by atoms with E-state index >= 15 is 0 Å². The first-order chi connectivity index (χ1) is 13.1. The van der Waals surface area contributed by atoms with Crippen LogP contribution >= 0.6 is 12.2 Å². The zero-order chi connectivity index (χ0) is 19.2. The fourth-order valence-electron chi connectivity index (χ4n) is 3.06. The highest BCUT2D eigenvalue weighted by molar-refractivity contribution is 7.80. The predicted molar refractivity (Wildman–Crippen MR) is 118 cm³/mol. The average molecular weight is 375 g/mol. The highest BCUT2D eigenvalue weighted by atomic mass is 32.1. The molecule has 136 valence electrons. The molecule has 0 saturated carbocycles. The van der Waals surface area contributed by atoms with E-state index in [1.807, 2.05) is 55.5 Å². The van der Waals surface area contributed by atoms with Crippen LogP contribution in [-0.2, 0) is 11.2 Å². The molecule has 0 saturated heterocycles. The van der Waals surface area contributed by atoms with Crippen molar-refractivity contribution in [2.75, 3.05) is 5.32 Å². The van der Waals surface area contributed by atoms with E-state index in [2.05, 4.69) is 35.8 Å². The molecule has 0 bridgehead atoms. The molecular formula is C23H22N2OS. The molecule has 3 aromatic rings. The largest absolute Gasteiger partial charge is 0.332 e. The predicted octanol–water partition coefficient (Wildman–Crippen LogP) is 5.24. The Labute approximate surface area is 165 Å². The van der Waals surface area contributed by atoms with E-state index in [-0.39, 0.29) is 5.91 Å². The number of rotatable bonds is 4. The maximum absolute atomic E-state index is 12.3. The minimum absolute atomic E-state index is 0.257. The number of benzene rings is 3. The van der Waals surface area contributed by atoms with Crippen molar-refractivity contribution in [2.45, 2.75) is 20.3 Å². The second-order valence-corrected chi connectivity index (χ2v) is 6.72. The van der Waals surface area contributed by atoms with Crippen LogP contribution < -0.4 is 10.6 Å². The summed E-state index contributed by atoms with van der Waals surface area (Å²) in [7, 11) is 0. The number of carbonyl (C=O) groups is 1. The molecule has 3 aromatic carbocycles. The lowest BCUT2D eigenvalue weighted by atomic mass is 10.0. The van der Waals surface area contributed by atoms with Crippen molar-refractivity contribution >= 4 is 45.8 Å². The number of hydrogen-bond donors (Lipinski definition) is 2. The Kier molecular flexibility index (Phi) is 5.99. The number of nitrogens with one attached hydrogen (secondary N) is 2. The number of carbonyl (C=O) groups excluding carboxylic acids is 1. The first kappa shape index (κ1) is 18.8. The van der Waals surface area contributed by atoms with Gasteiger partial charge >= 0.3 is 0 Å². The molecule has 0 heterocycles. The van der Waals surface area contributed by atoms with Gasteiger partial charge in [-0.3, -0.25) is 10.1 Å². The minimum Gasteiger partial charge on any atom is -0.332 e. The monoisotopic (exact) mass is 374 g/mol. The topological polar surface area (TPSA) is 41.1 Å². The van der Waals surface area contributed by atoms with E-state index in [1.54, 1.807) is 0 Å². The molecule has 0 unspecified atom stereocenters. The van der Waals surface area contributed by atoms with Gasteiger partial charge in [0.25, 0.3) is 0 Å². The fourth-order valence-corrected chi connectivity index (χ4v) is 3.26. The van der Waals surface area contributed by atoms with Crippen molar-refractivity contribution in [3.05, 3.63) is 83.4 Å². The van der Waals surface area contributed by atoms with Gasteiger partial charge in [-0.25, -0.2) is 0 Å². The normalized spacial score (nSPS) is 10.9. The minimum atomic E-state index is -0.257. The van der Waals surface area contributed by atoms with E-state index in [9.17, 15) is 4.79 Å². The van der Waals surface area contributed by atoms with Crippen LogP contribution in [0.25, 0.3) is 16.8 Å². The van der Waals surface area contributed by atoms with Gasteiger partial charge in [-0.1, -0.05) is 67.6 Å². The molecule has 1 amide bonds. The van der Waals surface area contributed by atoms with E-state index in [1.165, 1.54) is 6.08 Å². The maximum atomic E-state index is 12.3. The van der Waals surface area contributed by atoms with E-state index in [0.29, 0.717) is 5.11 Å². The van der Waals surface area contributed by atoms with Crippen LogP contribution in [0.4, 0.5) is 5.69 Å². The molecular weight excluding hydrogens is 352 g/mol. The summed E-state index contributed by atoms with van der Waals surface area (Å²) >= 11 is 5.31. The Balaban J connectivity index is 1.69. The highest BCUT2D eigenvalue weighted by Gasteiger charge is 2.07. The van der Waals surface area contributed by atoms with Crippen LogP contribution in [0.3, 0.4) is 0 Å². The van der Waals surface area contributed by atoms with Crippen LogP contribution in [0.2, 0.25) is 0 Å². The number of para-hydroxylation sites is 1. The number of thiocarbonyl (C=S) groups is 1. The van der Waals surface area contributed by atoms with Crippen LogP contribution in [0.15, 0.2) is 66.7 Å². The summed E-state index contributed by atoms with van der Waals surface area (Å²) in [5.74, 6) is -0.257. The Morgan fingerprint density at radius 3 is 2.59 bits per heavy atom. The van der Waals surface area contributed by atoms with E-state index < -0.39 is 0 Å². The van der Waals surface area contributed by atoms with Gasteiger partial charge < -0.3 is 5.32 Å². The molecule has 0 aromatic heterocycles. The van der Waals surface area contributed by atoms with Gasteiger partial charge in [-0.2, -0.15) is 0 Å². The molecule has 3 nitrogen and oxygen atoms in total. The second kappa shape index (κ2) is 8.60. The number of fused-ring (bicyclic) bond motifs is 1. The van der Waals surface area contributed by atoms with Gasteiger partial charge in [-0.05, 0) is 59.1 Å². The lowest BCUT2D eigenvalue weighted by Gasteiger charge is -2.14. The summed E-state index contributed by atoms with van der Waals surface area (Å²) in [5.41, 5.74) is 4.22. The van der Waals surface area contributed by atoms with Crippen LogP contribution in [0.1, 0.15) is 23.6 Å². The average Bonchev–Trinajstić information content (AvgIpc) is 2.67. The Hall–Kier alpha value is -2.98. The first-order valence-corrected chi connectivity index (χ1v) is 9.35. The molecule has 0 aliphatic heterocycles. The second-order valence-electron chi connectivity index (χ2n) is 6.31. The fraction of sp³-hybridized carbons (Fsp3) is 0.130. The molecule has 0 fully saturated rings. The molecule has 0 aliphatic rings. The zero-order valence-electron chi connectivity index (χ0n) is 15.5. The first-order valence-electron chi connectivity index (χ1n) is 8.94. The van der Waals surface area contributed by atoms with Crippen molar-refractivity contribution in [3.8, 4) is 0 Å². The Bertz CT molecular complexity index is 1020. The van der Waals surface area contributed by atoms with Gasteiger partial charge in [0.15, 0.2) is 5.11 Å². The number of hydrogen-bond acceptors (Lipinski definition) is 2. The van der Waals surface area contributed by atoms with Crippen molar-refractivity contribution in [2.24, 2.45) is 0 Å². The van der Waals surface area contributed by atoms with Crippen LogP contribution in [0.5, 0.6) is 0 Å². The van der Waals surface area contributed by atoms with E-state index in [0.717, 1.165) is 39.6 Å². The third-order valence-electron chi connectivity index (χ3n) is 4.45. The molecule has 2 N–H and O–H groups in total. The molecule has 0 spiro atoms. The zero-order valence-corrected chi connectivity index (χ0v) is 16.3. The van der Waals surface area contributed by atoms with Crippen molar-refractivity contribution in [3.63, 3.8) is 0 Å². The molecule has 3 rings (SSSR count). The lowest BCUT2D eigenvalue weighted by Crippen LogP contribution is -2.33. The van der Waals surface area contributed by atoms with Gasteiger partial charge in [-0.15, -0.1) is 0 Å². The standard InChI is InChI=1S/C23H22N2OS/c1-3-17-10-6-8-16(2)22(17)25-23(27)24-21(26)15-14-19-12-7-11-18-9-4-5-13-20(18)19/h4-15H,3H2,1-2H3,(H2,24,25,26,27)/b15-14+. The Morgan fingerprint density at radius 2 is 1.78 bits per heavy atom. The molecule has 27 heavy (non-hydrogen) atoms. The van der Waals surface area contributed by atoms with Crippen molar-refractivity contribution in [1.29, 1.82) is 0 Å². The summed E-state index contributed by atoms with van der Waals surface area (Å²) < 4.78 is 0. The summed E-state index contributed by atoms with van der Waals surface area (Å²) in [5, 5.41) is 8.42. The van der Waals surface area contributed by atoms with Gasteiger partial charge in [0.2, 0.25) is 5.91 Å². The number of aryl methyl sites for hydroxylation is 2. The van der Waals surface area contributed by atoms with Gasteiger partial charge in [0, 0.05) is 11.8 Å².